The molecule has 1 aromatic carbocycles. The maximum absolute atomic E-state index is 13.1. The third kappa shape index (κ3) is 2.73. The minimum atomic E-state index is -0.823. The SMILES string of the molecule is Cc1[nH]ncc1CN[C@H](C)c1ccc(F)c(F)c1. The van der Waals surface area contributed by atoms with E-state index in [0.717, 1.165) is 22.9 Å². The third-order valence-electron chi connectivity index (χ3n) is 2.98. The van der Waals surface area contributed by atoms with Gasteiger partial charge in [-0.2, -0.15) is 5.10 Å². The fourth-order valence-corrected chi connectivity index (χ4v) is 1.72. The van der Waals surface area contributed by atoms with Gasteiger partial charge in [-0.15, -0.1) is 0 Å². The molecule has 0 saturated carbocycles. The molecule has 5 heteroatoms. The summed E-state index contributed by atoms with van der Waals surface area (Å²) in [6, 6.07) is 3.88. The van der Waals surface area contributed by atoms with Crippen LogP contribution in [-0.2, 0) is 6.54 Å². The van der Waals surface area contributed by atoms with Gasteiger partial charge in [-0.1, -0.05) is 6.07 Å². The summed E-state index contributed by atoms with van der Waals surface area (Å²) in [7, 11) is 0. The molecular weight excluding hydrogens is 236 g/mol. The van der Waals surface area contributed by atoms with E-state index in [1.54, 1.807) is 12.3 Å². The first-order valence-electron chi connectivity index (χ1n) is 5.75. The average Bonchev–Trinajstić information content (AvgIpc) is 2.75. The number of hydrogen-bond donors (Lipinski definition) is 2. The Morgan fingerprint density at radius 3 is 2.72 bits per heavy atom. The predicted octanol–water partition coefficient (Wildman–Crippen LogP) is 2.85. The van der Waals surface area contributed by atoms with Crippen LogP contribution in [0.25, 0.3) is 0 Å². The maximum Gasteiger partial charge on any atom is 0.159 e. The van der Waals surface area contributed by atoms with Gasteiger partial charge in [0, 0.05) is 23.8 Å². The molecule has 0 aliphatic heterocycles. The number of aromatic nitrogens is 2. The van der Waals surface area contributed by atoms with Crippen molar-refractivity contribution in [2.75, 3.05) is 0 Å². The summed E-state index contributed by atoms with van der Waals surface area (Å²) in [6.45, 7) is 4.47. The van der Waals surface area contributed by atoms with Gasteiger partial charge in [0.25, 0.3) is 0 Å². The number of aromatic amines is 1. The molecule has 1 atom stereocenters. The van der Waals surface area contributed by atoms with E-state index in [4.69, 9.17) is 0 Å². The molecule has 0 fully saturated rings. The summed E-state index contributed by atoms with van der Waals surface area (Å²) in [6.07, 6.45) is 1.75. The van der Waals surface area contributed by atoms with Crippen molar-refractivity contribution in [3.05, 3.63) is 52.9 Å². The maximum atomic E-state index is 13.1. The molecule has 1 heterocycles. The average molecular weight is 251 g/mol. The second kappa shape index (κ2) is 5.27. The number of nitrogens with one attached hydrogen (secondary N) is 2. The fraction of sp³-hybridized carbons (Fsp3) is 0.308. The van der Waals surface area contributed by atoms with Gasteiger partial charge in [0.1, 0.15) is 0 Å². The van der Waals surface area contributed by atoms with Gasteiger partial charge in [0.15, 0.2) is 11.6 Å². The Hall–Kier alpha value is -1.75. The monoisotopic (exact) mass is 251 g/mol. The number of hydrogen-bond acceptors (Lipinski definition) is 2. The highest BCUT2D eigenvalue weighted by Crippen LogP contribution is 2.16. The molecule has 0 aliphatic rings. The number of H-pyrrole nitrogens is 1. The zero-order valence-corrected chi connectivity index (χ0v) is 10.3. The predicted molar refractivity (Wildman–Crippen MR) is 64.9 cm³/mol. The minimum absolute atomic E-state index is 0.0607. The summed E-state index contributed by atoms with van der Waals surface area (Å²) < 4.78 is 25.9. The van der Waals surface area contributed by atoms with E-state index >= 15 is 0 Å². The highest BCUT2D eigenvalue weighted by Gasteiger charge is 2.09. The molecule has 2 rings (SSSR count). The Labute approximate surface area is 104 Å². The number of aryl methyl sites for hydroxylation is 1. The van der Waals surface area contributed by atoms with Crippen LogP contribution in [0, 0.1) is 18.6 Å². The second-order valence-electron chi connectivity index (χ2n) is 4.30. The molecule has 18 heavy (non-hydrogen) atoms. The molecule has 2 N–H and O–H groups in total. The summed E-state index contributed by atoms with van der Waals surface area (Å²) >= 11 is 0. The number of nitrogens with zero attached hydrogens (tertiary/aromatic N) is 1. The topological polar surface area (TPSA) is 40.7 Å². The van der Waals surface area contributed by atoms with Crippen LogP contribution in [0.2, 0.25) is 0 Å². The minimum Gasteiger partial charge on any atom is -0.306 e. The first-order chi connectivity index (χ1) is 8.58. The van der Waals surface area contributed by atoms with E-state index in [9.17, 15) is 8.78 Å². The van der Waals surface area contributed by atoms with Gasteiger partial charge < -0.3 is 5.32 Å². The zero-order chi connectivity index (χ0) is 13.1. The Morgan fingerprint density at radius 1 is 1.33 bits per heavy atom. The van der Waals surface area contributed by atoms with E-state index in [1.165, 1.54) is 6.07 Å². The highest BCUT2D eigenvalue weighted by molar-refractivity contribution is 5.21. The molecule has 0 unspecified atom stereocenters. The van der Waals surface area contributed by atoms with Crippen molar-refractivity contribution in [1.82, 2.24) is 15.5 Å². The van der Waals surface area contributed by atoms with E-state index in [1.807, 2.05) is 13.8 Å². The molecule has 0 amide bonds. The first-order valence-corrected chi connectivity index (χ1v) is 5.75. The molecule has 3 nitrogen and oxygen atoms in total. The lowest BCUT2D eigenvalue weighted by Gasteiger charge is -2.14. The van der Waals surface area contributed by atoms with Crippen molar-refractivity contribution < 1.29 is 8.78 Å². The van der Waals surface area contributed by atoms with E-state index < -0.39 is 11.6 Å². The van der Waals surface area contributed by atoms with Crippen molar-refractivity contribution in [2.24, 2.45) is 0 Å². The number of rotatable bonds is 4. The van der Waals surface area contributed by atoms with Gasteiger partial charge in [-0.05, 0) is 31.5 Å². The summed E-state index contributed by atoms with van der Waals surface area (Å²) in [5, 5.41) is 10.0. The number of halogens is 2. The van der Waals surface area contributed by atoms with E-state index in [0.29, 0.717) is 6.54 Å². The van der Waals surface area contributed by atoms with Crippen LogP contribution in [0.1, 0.15) is 29.8 Å². The van der Waals surface area contributed by atoms with Gasteiger partial charge in [0.05, 0.1) is 6.20 Å². The highest BCUT2D eigenvalue weighted by atomic mass is 19.2. The van der Waals surface area contributed by atoms with Gasteiger partial charge in [0.2, 0.25) is 0 Å². The summed E-state index contributed by atoms with van der Waals surface area (Å²) in [5.41, 5.74) is 2.78. The lowest BCUT2D eigenvalue weighted by Crippen LogP contribution is -2.18. The largest absolute Gasteiger partial charge is 0.306 e. The third-order valence-corrected chi connectivity index (χ3v) is 2.98. The van der Waals surface area contributed by atoms with Gasteiger partial charge >= 0.3 is 0 Å². The number of benzene rings is 1. The van der Waals surface area contributed by atoms with Crippen molar-refractivity contribution >= 4 is 0 Å². The Balaban J connectivity index is 2.01. The van der Waals surface area contributed by atoms with Gasteiger partial charge in [-0.3, -0.25) is 5.10 Å². The van der Waals surface area contributed by atoms with Crippen LogP contribution in [0.4, 0.5) is 8.78 Å². The quantitative estimate of drug-likeness (QED) is 0.877. The molecule has 0 aliphatic carbocycles. The molecule has 0 spiro atoms. The van der Waals surface area contributed by atoms with Crippen LogP contribution in [-0.4, -0.2) is 10.2 Å². The van der Waals surface area contributed by atoms with E-state index in [2.05, 4.69) is 15.5 Å². The smallest absolute Gasteiger partial charge is 0.159 e. The molecule has 0 radical (unpaired) electrons. The van der Waals surface area contributed by atoms with Crippen LogP contribution < -0.4 is 5.32 Å². The summed E-state index contributed by atoms with van der Waals surface area (Å²) in [4.78, 5) is 0. The molecule has 0 saturated heterocycles. The Bertz CT molecular complexity index is 537. The van der Waals surface area contributed by atoms with Crippen LogP contribution in [0.5, 0.6) is 0 Å². The Morgan fingerprint density at radius 2 is 2.11 bits per heavy atom. The molecule has 2 aromatic rings. The van der Waals surface area contributed by atoms with E-state index in [-0.39, 0.29) is 6.04 Å². The lowest BCUT2D eigenvalue weighted by molar-refractivity contribution is 0.500. The second-order valence-corrected chi connectivity index (χ2v) is 4.30. The fourth-order valence-electron chi connectivity index (χ4n) is 1.72. The van der Waals surface area contributed by atoms with Crippen molar-refractivity contribution in [3.63, 3.8) is 0 Å². The molecule has 96 valence electrons. The van der Waals surface area contributed by atoms with Crippen LogP contribution >= 0.6 is 0 Å². The zero-order valence-electron chi connectivity index (χ0n) is 10.3. The molecule has 1 aromatic heterocycles. The lowest BCUT2D eigenvalue weighted by atomic mass is 10.1. The molecular formula is C13H15F2N3. The van der Waals surface area contributed by atoms with Crippen molar-refractivity contribution in [2.45, 2.75) is 26.4 Å². The normalized spacial score (nSPS) is 12.7. The Kier molecular flexibility index (Phi) is 3.72. The van der Waals surface area contributed by atoms with Crippen LogP contribution in [0.15, 0.2) is 24.4 Å². The van der Waals surface area contributed by atoms with Crippen molar-refractivity contribution in [1.29, 1.82) is 0 Å². The van der Waals surface area contributed by atoms with Crippen LogP contribution in [0.3, 0.4) is 0 Å². The van der Waals surface area contributed by atoms with Gasteiger partial charge in [-0.25, -0.2) is 8.78 Å². The molecule has 0 bridgehead atoms. The summed E-state index contributed by atoms with van der Waals surface area (Å²) in [5.74, 6) is -1.64. The first kappa shape index (κ1) is 12.7. The standard InChI is InChI=1S/C13H15F2N3/c1-8(10-3-4-12(14)13(15)5-10)16-6-11-7-17-18-9(11)2/h3-5,7-8,16H,6H2,1-2H3,(H,17,18)/t8-/m1/s1. The van der Waals surface area contributed by atoms with Crippen molar-refractivity contribution in [3.8, 4) is 0 Å².